The van der Waals surface area contributed by atoms with Gasteiger partial charge in [-0.05, 0) is 12.8 Å². The van der Waals surface area contributed by atoms with Crippen molar-refractivity contribution in [3.63, 3.8) is 0 Å². The van der Waals surface area contributed by atoms with Crippen LogP contribution in [0.4, 0.5) is 0 Å². The third kappa shape index (κ3) is 2.50. The minimum absolute atomic E-state index is 0.0424. The Hall–Kier alpha value is -1.46. The van der Waals surface area contributed by atoms with Gasteiger partial charge in [0.15, 0.2) is 5.57 Å². The Balaban J connectivity index is 2.63. The molecule has 66 valence electrons. The first-order chi connectivity index (χ1) is 6.19. The lowest BCUT2D eigenvalue weighted by atomic mass is 10.3. The van der Waals surface area contributed by atoms with Crippen molar-refractivity contribution < 1.29 is 4.79 Å². The Morgan fingerprint density at radius 1 is 1.38 bits per heavy atom. The van der Waals surface area contributed by atoms with Gasteiger partial charge in [0.1, 0.15) is 17.2 Å². The molecule has 0 aliphatic heterocycles. The van der Waals surface area contributed by atoms with E-state index in [-0.39, 0.29) is 22.4 Å². The van der Waals surface area contributed by atoms with Gasteiger partial charge in [-0.3, -0.25) is 4.79 Å². The number of thiol groups is 1. The normalized spacial score (nSPS) is 13.8. The molecule has 4 nitrogen and oxygen atoms in total. The molecule has 5 heteroatoms. The Kier molecular flexibility index (Phi) is 2.94. The van der Waals surface area contributed by atoms with Crippen LogP contribution in [0.3, 0.4) is 0 Å². The van der Waals surface area contributed by atoms with E-state index >= 15 is 0 Å². The van der Waals surface area contributed by atoms with E-state index in [4.69, 9.17) is 10.5 Å². The summed E-state index contributed by atoms with van der Waals surface area (Å²) in [4.78, 5) is 11.1. The van der Waals surface area contributed by atoms with Gasteiger partial charge in [-0.25, -0.2) is 0 Å². The van der Waals surface area contributed by atoms with Gasteiger partial charge in [0.2, 0.25) is 5.91 Å². The van der Waals surface area contributed by atoms with E-state index < -0.39 is 0 Å². The SMILES string of the molecule is N#CC(C#N)=C(S)NC(=O)C1CC1. The zero-order valence-electron chi connectivity index (χ0n) is 6.74. The second kappa shape index (κ2) is 3.97. The van der Waals surface area contributed by atoms with E-state index in [1.54, 1.807) is 12.1 Å². The van der Waals surface area contributed by atoms with Crippen molar-refractivity contribution in [1.82, 2.24) is 5.32 Å². The standard InChI is InChI=1S/C8H7N3OS/c9-3-6(4-10)8(13)11-7(12)5-1-2-5/h5,13H,1-2H2,(H,11,12). The van der Waals surface area contributed by atoms with Crippen LogP contribution in [-0.2, 0) is 4.79 Å². The largest absolute Gasteiger partial charge is 0.319 e. The summed E-state index contributed by atoms with van der Waals surface area (Å²) in [5, 5.41) is 19.3. The average molecular weight is 193 g/mol. The van der Waals surface area contributed by atoms with Crippen LogP contribution < -0.4 is 5.32 Å². The average Bonchev–Trinajstić information content (AvgIpc) is 2.88. The predicted octanol–water partition coefficient (Wildman–Crippen LogP) is 0.701. The minimum atomic E-state index is -0.169. The zero-order valence-corrected chi connectivity index (χ0v) is 7.64. The van der Waals surface area contributed by atoms with Crippen molar-refractivity contribution >= 4 is 18.5 Å². The number of nitriles is 2. The minimum Gasteiger partial charge on any atom is -0.319 e. The highest BCUT2D eigenvalue weighted by molar-refractivity contribution is 7.84. The summed E-state index contributed by atoms with van der Waals surface area (Å²) in [6.07, 6.45) is 1.75. The molecule has 0 heterocycles. The van der Waals surface area contributed by atoms with Crippen molar-refractivity contribution in [2.45, 2.75) is 12.8 Å². The summed E-state index contributed by atoms with van der Waals surface area (Å²) in [7, 11) is 0. The van der Waals surface area contributed by atoms with Gasteiger partial charge < -0.3 is 5.32 Å². The quantitative estimate of drug-likeness (QED) is 0.500. The van der Waals surface area contributed by atoms with Crippen LogP contribution in [0.25, 0.3) is 0 Å². The van der Waals surface area contributed by atoms with Gasteiger partial charge in [0.25, 0.3) is 0 Å². The van der Waals surface area contributed by atoms with Gasteiger partial charge in [0, 0.05) is 5.92 Å². The van der Waals surface area contributed by atoms with Crippen molar-refractivity contribution in [3.05, 3.63) is 10.6 Å². The van der Waals surface area contributed by atoms with Gasteiger partial charge in [0.05, 0.1) is 0 Å². The van der Waals surface area contributed by atoms with Crippen LogP contribution in [0.2, 0.25) is 0 Å². The molecule has 0 atom stereocenters. The molecule has 0 aromatic heterocycles. The monoisotopic (exact) mass is 193 g/mol. The Bertz CT molecular complexity index is 327. The molecule has 13 heavy (non-hydrogen) atoms. The molecule has 1 aliphatic carbocycles. The molecule has 0 aromatic rings. The summed E-state index contributed by atoms with van der Waals surface area (Å²) in [6, 6.07) is 3.29. The topological polar surface area (TPSA) is 76.7 Å². The molecule has 0 radical (unpaired) electrons. The van der Waals surface area contributed by atoms with Gasteiger partial charge in [-0.15, -0.1) is 12.6 Å². The summed E-state index contributed by atoms with van der Waals surface area (Å²) in [5.74, 6) is -0.117. The molecule has 1 fully saturated rings. The maximum absolute atomic E-state index is 11.1. The third-order valence-corrected chi connectivity index (χ3v) is 1.99. The van der Waals surface area contributed by atoms with Gasteiger partial charge in [-0.1, -0.05) is 0 Å². The van der Waals surface area contributed by atoms with Crippen LogP contribution >= 0.6 is 12.6 Å². The number of nitrogens with one attached hydrogen (secondary N) is 1. The van der Waals surface area contributed by atoms with Crippen LogP contribution in [0.5, 0.6) is 0 Å². The highest BCUT2D eigenvalue weighted by atomic mass is 32.1. The number of nitrogens with zero attached hydrogens (tertiary/aromatic N) is 2. The lowest BCUT2D eigenvalue weighted by molar-refractivity contribution is -0.121. The molecule has 1 N–H and O–H groups in total. The molecule has 1 saturated carbocycles. The second-order valence-electron chi connectivity index (χ2n) is 2.71. The lowest BCUT2D eigenvalue weighted by Gasteiger charge is -2.01. The number of hydrogen-bond acceptors (Lipinski definition) is 4. The number of amides is 1. The number of rotatable bonds is 2. The molecule has 0 saturated heterocycles. The lowest BCUT2D eigenvalue weighted by Crippen LogP contribution is -2.22. The van der Waals surface area contributed by atoms with E-state index in [1.807, 2.05) is 0 Å². The maximum atomic E-state index is 11.1. The fourth-order valence-corrected chi connectivity index (χ4v) is 0.968. The van der Waals surface area contributed by atoms with Gasteiger partial charge in [-0.2, -0.15) is 10.5 Å². The highest BCUT2D eigenvalue weighted by Crippen LogP contribution is 2.29. The first-order valence-corrected chi connectivity index (χ1v) is 4.18. The molecule has 0 bridgehead atoms. The zero-order chi connectivity index (χ0) is 9.84. The molecule has 1 rings (SSSR count). The van der Waals surface area contributed by atoms with Crippen molar-refractivity contribution in [1.29, 1.82) is 10.5 Å². The Labute approximate surface area is 81.3 Å². The highest BCUT2D eigenvalue weighted by Gasteiger charge is 2.29. The Morgan fingerprint density at radius 3 is 2.31 bits per heavy atom. The smallest absolute Gasteiger partial charge is 0.227 e. The summed E-state index contributed by atoms with van der Waals surface area (Å²) < 4.78 is 0. The summed E-state index contributed by atoms with van der Waals surface area (Å²) in [5.41, 5.74) is -0.169. The van der Waals surface area contributed by atoms with E-state index in [2.05, 4.69) is 17.9 Å². The number of allylic oxidation sites excluding steroid dienone is 1. The molecular formula is C8H7N3OS. The van der Waals surface area contributed by atoms with E-state index in [9.17, 15) is 4.79 Å². The number of carbonyl (C=O) groups excluding carboxylic acids is 1. The van der Waals surface area contributed by atoms with Crippen molar-refractivity contribution in [3.8, 4) is 12.1 Å². The van der Waals surface area contributed by atoms with Gasteiger partial charge >= 0.3 is 0 Å². The van der Waals surface area contributed by atoms with E-state index in [0.717, 1.165) is 12.8 Å². The van der Waals surface area contributed by atoms with Crippen LogP contribution in [0.15, 0.2) is 10.6 Å². The fourth-order valence-electron chi connectivity index (χ4n) is 0.758. The van der Waals surface area contributed by atoms with Crippen molar-refractivity contribution in [2.75, 3.05) is 0 Å². The molecule has 1 amide bonds. The molecular weight excluding hydrogens is 186 g/mol. The van der Waals surface area contributed by atoms with E-state index in [1.165, 1.54) is 0 Å². The second-order valence-corrected chi connectivity index (χ2v) is 3.16. The molecule has 1 aliphatic rings. The molecule has 0 aromatic carbocycles. The third-order valence-electron chi connectivity index (χ3n) is 1.65. The number of carbonyl (C=O) groups is 1. The van der Waals surface area contributed by atoms with Crippen LogP contribution in [0, 0.1) is 28.6 Å². The fraction of sp³-hybridized carbons (Fsp3) is 0.375. The summed E-state index contributed by atoms with van der Waals surface area (Å²) in [6.45, 7) is 0. The number of hydrogen-bond donors (Lipinski definition) is 2. The van der Waals surface area contributed by atoms with Crippen molar-refractivity contribution in [2.24, 2.45) is 5.92 Å². The van der Waals surface area contributed by atoms with E-state index in [0.29, 0.717) is 0 Å². The maximum Gasteiger partial charge on any atom is 0.227 e. The molecule has 0 spiro atoms. The summed E-state index contributed by atoms with van der Waals surface area (Å²) >= 11 is 3.85. The predicted molar refractivity (Wildman–Crippen MR) is 48.1 cm³/mol. The van der Waals surface area contributed by atoms with Crippen LogP contribution in [-0.4, -0.2) is 5.91 Å². The Morgan fingerprint density at radius 2 is 1.92 bits per heavy atom. The molecule has 0 unspecified atom stereocenters. The van der Waals surface area contributed by atoms with Crippen LogP contribution in [0.1, 0.15) is 12.8 Å². The first-order valence-electron chi connectivity index (χ1n) is 3.73. The first kappa shape index (κ1) is 9.63.